The number of rotatable bonds is 5. The summed E-state index contributed by atoms with van der Waals surface area (Å²) >= 11 is 1.10. The summed E-state index contributed by atoms with van der Waals surface area (Å²) in [6.45, 7) is 4.82. The van der Waals surface area contributed by atoms with Crippen molar-refractivity contribution in [1.29, 1.82) is 0 Å². The number of nitrogens with zero attached hydrogens (tertiary/aromatic N) is 1. The van der Waals surface area contributed by atoms with Gasteiger partial charge in [-0.1, -0.05) is 13.8 Å². The molecular formula is C11H18N4O2S. The lowest BCUT2D eigenvalue weighted by Gasteiger charge is -2.20. The zero-order valence-electron chi connectivity index (χ0n) is 10.7. The number of hydrogen-bond acceptors (Lipinski definition) is 5. The average Bonchev–Trinajstić information content (AvgIpc) is 2.54. The second kappa shape index (κ2) is 5.26. The Morgan fingerprint density at radius 2 is 1.83 bits per heavy atom. The smallest absolute Gasteiger partial charge is 0.260 e. The lowest BCUT2D eigenvalue weighted by atomic mass is 10.2. The Hall–Kier alpha value is -1.76. The predicted molar refractivity (Wildman–Crippen MR) is 73.9 cm³/mol. The third-order valence-corrected chi connectivity index (χ3v) is 3.72. The monoisotopic (exact) mass is 270 g/mol. The molecule has 0 saturated heterocycles. The van der Waals surface area contributed by atoms with Crippen LogP contribution >= 0.6 is 11.3 Å². The number of primary amides is 2. The van der Waals surface area contributed by atoms with Gasteiger partial charge in [-0.2, -0.15) is 0 Å². The summed E-state index contributed by atoms with van der Waals surface area (Å²) < 4.78 is 0. The SMILES string of the molecule is CC(C)CN(C)c1sc(C(N)=O)c(N)c1C(N)=O. The molecule has 1 heterocycles. The first-order valence-electron chi connectivity index (χ1n) is 5.48. The molecule has 100 valence electrons. The number of hydrogen-bond donors (Lipinski definition) is 3. The normalized spacial score (nSPS) is 10.7. The molecule has 0 spiro atoms. The van der Waals surface area contributed by atoms with Gasteiger partial charge in [0.2, 0.25) is 0 Å². The minimum absolute atomic E-state index is 0.0746. The van der Waals surface area contributed by atoms with Gasteiger partial charge in [-0.25, -0.2) is 0 Å². The zero-order valence-corrected chi connectivity index (χ0v) is 11.5. The van der Waals surface area contributed by atoms with Crippen LogP contribution in [0.5, 0.6) is 0 Å². The van der Waals surface area contributed by atoms with Gasteiger partial charge in [0.25, 0.3) is 11.8 Å². The highest BCUT2D eigenvalue weighted by Gasteiger charge is 2.25. The second-order valence-corrected chi connectivity index (χ2v) is 5.53. The number of carbonyl (C=O) groups is 2. The van der Waals surface area contributed by atoms with E-state index >= 15 is 0 Å². The predicted octanol–water partition coefficient (Wildman–Crippen LogP) is 0.620. The molecular weight excluding hydrogens is 252 g/mol. The Labute approximate surface area is 110 Å². The van der Waals surface area contributed by atoms with Gasteiger partial charge in [0.05, 0.1) is 11.3 Å². The summed E-state index contributed by atoms with van der Waals surface area (Å²) in [5.74, 6) is -0.901. The lowest BCUT2D eigenvalue weighted by molar-refractivity contribution is 0.0999. The van der Waals surface area contributed by atoms with E-state index in [9.17, 15) is 9.59 Å². The molecule has 0 aliphatic carbocycles. The van der Waals surface area contributed by atoms with E-state index in [2.05, 4.69) is 0 Å². The fourth-order valence-corrected chi connectivity index (χ4v) is 2.80. The van der Waals surface area contributed by atoms with E-state index in [0.29, 0.717) is 10.9 Å². The van der Waals surface area contributed by atoms with Crippen molar-refractivity contribution in [1.82, 2.24) is 0 Å². The minimum Gasteiger partial charge on any atom is -0.397 e. The van der Waals surface area contributed by atoms with Crippen LogP contribution in [0, 0.1) is 5.92 Å². The summed E-state index contributed by atoms with van der Waals surface area (Å²) in [4.78, 5) is 24.7. The molecule has 0 atom stereocenters. The van der Waals surface area contributed by atoms with Crippen molar-refractivity contribution in [3.8, 4) is 0 Å². The van der Waals surface area contributed by atoms with E-state index in [1.807, 2.05) is 25.8 Å². The van der Waals surface area contributed by atoms with E-state index in [1.165, 1.54) is 0 Å². The Morgan fingerprint density at radius 1 is 1.28 bits per heavy atom. The molecule has 0 saturated carbocycles. The van der Waals surface area contributed by atoms with Crippen LogP contribution in [0.25, 0.3) is 0 Å². The van der Waals surface area contributed by atoms with Crippen molar-refractivity contribution in [2.24, 2.45) is 17.4 Å². The molecule has 0 fully saturated rings. The zero-order chi connectivity index (χ0) is 14.0. The van der Waals surface area contributed by atoms with E-state index in [1.54, 1.807) is 0 Å². The molecule has 7 heteroatoms. The van der Waals surface area contributed by atoms with Crippen LogP contribution in [-0.4, -0.2) is 25.4 Å². The van der Waals surface area contributed by atoms with Gasteiger partial charge in [0, 0.05) is 13.6 Å². The van der Waals surface area contributed by atoms with Crippen molar-refractivity contribution >= 4 is 33.8 Å². The van der Waals surface area contributed by atoms with Gasteiger partial charge in [-0.15, -0.1) is 11.3 Å². The quantitative estimate of drug-likeness (QED) is 0.727. The number of thiophene rings is 1. The van der Waals surface area contributed by atoms with E-state index in [4.69, 9.17) is 17.2 Å². The van der Waals surface area contributed by atoms with Crippen LogP contribution in [0.2, 0.25) is 0 Å². The van der Waals surface area contributed by atoms with Crippen LogP contribution in [0.1, 0.15) is 33.9 Å². The van der Waals surface area contributed by atoms with E-state index < -0.39 is 11.8 Å². The molecule has 2 amide bonds. The van der Waals surface area contributed by atoms with Crippen LogP contribution < -0.4 is 22.1 Å². The Morgan fingerprint density at radius 3 is 2.22 bits per heavy atom. The first kappa shape index (κ1) is 14.3. The minimum atomic E-state index is -0.651. The van der Waals surface area contributed by atoms with Gasteiger partial charge in [-0.05, 0) is 5.92 Å². The van der Waals surface area contributed by atoms with E-state index in [0.717, 1.165) is 17.9 Å². The molecule has 1 aromatic rings. The largest absolute Gasteiger partial charge is 0.397 e. The molecule has 18 heavy (non-hydrogen) atoms. The maximum atomic E-state index is 11.4. The Balaban J connectivity index is 3.29. The summed E-state index contributed by atoms with van der Waals surface area (Å²) in [5.41, 5.74) is 16.5. The van der Waals surface area contributed by atoms with Crippen LogP contribution in [0.3, 0.4) is 0 Å². The third kappa shape index (κ3) is 2.73. The molecule has 0 aliphatic heterocycles. The summed E-state index contributed by atoms with van der Waals surface area (Å²) in [5, 5.41) is 0.586. The van der Waals surface area contributed by atoms with Crippen molar-refractivity contribution in [2.45, 2.75) is 13.8 Å². The topological polar surface area (TPSA) is 115 Å². The van der Waals surface area contributed by atoms with Crippen LogP contribution in [0.15, 0.2) is 0 Å². The van der Waals surface area contributed by atoms with Gasteiger partial charge in [0.1, 0.15) is 9.88 Å². The molecule has 0 bridgehead atoms. The maximum Gasteiger partial charge on any atom is 0.260 e. The maximum absolute atomic E-state index is 11.4. The number of nitrogen functional groups attached to an aromatic ring is 1. The molecule has 6 N–H and O–H groups in total. The Kier molecular flexibility index (Phi) is 4.18. The number of anilines is 2. The van der Waals surface area contributed by atoms with Gasteiger partial charge in [0.15, 0.2) is 0 Å². The molecule has 0 aliphatic rings. The summed E-state index contributed by atoms with van der Waals surface area (Å²) in [6, 6.07) is 0. The van der Waals surface area contributed by atoms with Crippen molar-refractivity contribution in [2.75, 3.05) is 24.2 Å². The highest BCUT2D eigenvalue weighted by Crippen LogP contribution is 2.37. The standard InChI is InChI=1S/C11H18N4O2S/c1-5(2)4-15(3)11-6(9(13)16)7(12)8(18-11)10(14)17/h5H,4,12H2,1-3H3,(H2,13,16)(H2,14,17). The molecule has 0 unspecified atom stereocenters. The molecule has 6 nitrogen and oxygen atoms in total. The highest BCUT2D eigenvalue weighted by molar-refractivity contribution is 7.19. The fourth-order valence-electron chi connectivity index (χ4n) is 1.75. The van der Waals surface area contributed by atoms with Gasteiger partial charge < -0.3 is 22.1 Å². The lowest BCUT2D eigenvalue weighted by Crippen LogP contribution is -2.25. The van der Waals surface area contributed by atoms with Crippen molar-refractivity contribution < 1.29 is 9.59 Å². The van der Waals surface area contributed by atoms with Gasteiger partial charge >= 0.3 is 0 Å². The molecule has 1 rings (SSSR count). The second-order valence-electron chi connectivity index (χ2n) is 4.53. The first-order valence-corrected chi connectivity index (χ1v) is 6.30. The number of amides is 2. The number of carbonyl (C=O) groups excluding carboxylic acids is 2. The molecule has 0 aromatic carbocycles. The summed E-state index contributed by atoms with van der Waals surface area (Å²) in [6.07, 6.45) is 0. The van der Waals surface area contributed by atoms with E-state index in [-0.39, 0.29) is 16.1 Å². The van der Waals surface area contributed by atoms with Crippen molar-refractivity contribution in [3.63, 3.8) is 0 Å². The Bertz CT molecular complexity index is 482. The number of nitrogens with two attached hydrogens (primary N) is 3. The van der Waals surface area contributed by atoms with Crippen molar-refractivity contribution in [3.05, 3.63) is 10.4 Å². The molecule has 0 radical (unpaired) electrons. The first-order chi connectivity index (χ1) is 8.25. The third-order valence-electron chi connectivity index (χ3n) is 2.38. The molecule has 1 aromatic heterocycles. The van der Waals surface area contributed by atoms with Crippen LogP contribution in [0.4, 0.5) is 10.7 Å². The van der Waals surface area contributed by atoms with Gasteiger partial charge in [-0.3, -0.25) is 9.59 Å². The average molecular weight is 270 g/mol. The summed E-state index contributed by atoms with van der Waals surface area (Å²) in [7, 11) is 1.82. The fraction of sp³-hybridized carbons (Fsp3) is 0.455. The highest BCUT2D eigenvalue weighted by atomic mass is 32.1. The van der Waals surface area contributed by atoms with Crippen LogP contribution in [-0.2, 0) is 0 Å².